The molecule has 0 spiro atoms. The van der Waals surface area contributed by atoms with Crippen molar-refractivity contribution in [1.82, 2.24) is 5.32 Å². The van der Waals surface area contributed by atoms with Gasteiger partial charge in [0.2, 0.25) is 0 Å². The van der Waals surface area contributed by atoms with E-state index in [0.29, 0.717) is 6.54 Å². The predicted molar refractivity (Wildman–Crippen MR) is 80.6 cm³/mol. The number of hydrogen-bond acceptors (Lipinski definition) is 3. The first-order valence-corrected chi connectivity index (χ1v) is 6.95. The molecule has 1 heterocycles. The van der Waals surface area contributed by atoms with E-state index in [9.17, 15) is 5.11 Å². The molecule has 1 aromatic carbocycles. The molecule has 0 aliphatic rings. The van der Waals surface area contributed by atoms with Gasteiger partial charge in [-0.05, 0) is 44.9 Å². The van der Waals surface area contributed by atoms with E-state index in [4.69, 9.17) is 4.42 Å². The molecule has 2 N–H and O–H groups in total. The molecule has 1 atom stereocenters. The number of furan rings is 1. The van der Waals surface area contributed by atoms with Crippen molar-refractivity contribution in [1.29, 1.82) is 0 Å². The van der Waals surface area contributed by atoms with Crippen LogP contribution < -0.4 is 5.32 Å². The molecule has 0 aliphatic carbocycles. The van der Waals surface area contributed by atoms with Gasteiger partial charge in [-0.3, -0.25) is 0 Å². The molecule has 2 rings (SSSR count). The van der Waals surface area contributed by atoms with E-state index in [0.717, 1.165) is 23.6 Å². The minimum Gasteiger partial charge on any atom is -0.466 e. The predicted octanol–water partition coefficient (Wildman–Crippen LogP) is 3.20. The number of aryl methyl sites for hydroxylation is 3. The summed E-state index contributed by atoms with van der Waals surface area (Å²) in [5.41, 5.74) is 2.44. The van der Waals surface area contributed by atoms with Gasteiger partial charge in [0, 0.05) is 18.7 Å². The van der Waals surface area contributed by atoms with E-state index in [2.05, 4.69) is 24.4 Å². The molecule has 0 radical (unpaired) electrons. The second-order valence-electron chi connectivity index (χ2n) is 5.63. The number of nitrogens with one attached hydrogen (secondary N) is 1. The first-order chi connectivity index (χ1) is 9.40. The Morgan fingerprint density at radius 2 is 1.90 bits per heavy atom. The maximum Gasteiger partial charge on any atom is 0.107 e. The van der Waals surface area contributed by atoms with Crippen LogP contribution in [0.5, 0.6) is 0 Å². The zero-order valence-electron chi connectivity index (χ0n) is 12.7. The van der Waals surface area contributed by atoms with Crippen molar-refractivity contribution in [2.24, 2.45) is 0 Å². The summed E-state index contributed by atoms with van der Waals surface area (Å²) in [5.74, 6) is 1.61. The number of hydrogen-bond donors (Lipinski definition) is 2. The van der Waals surface area contributed by atoms with E-state index in [1.165, 1.54) is 11.1 Å². The molecule has 0 saturated heterocycles. The van der Waals surface area contributed by atoms with Gasteiger partial charge in [-0.2, -0.15) is 0 Å². The highest BCUT2D eigenvalue weighted by atomic mass is 16.3. The maximum absolute atomic E-state index is 10.6. The highest BCUT2D eigenvalue weighted by Gasteiger charge is 2.27. The third-order valence-corrected chi connectivity index (χ3v) is 3.67. The zero-order valence-corrected chi connectivity index (χ0v) is 12.7. The Kier molecular flexibility index (Phi) is 4.31. The summed E-state index contributed by atoms with van der Waals surface area (Å²) in [5, 5.41) is 13.9. The van der Waals surface area contributed by atoms with Gasteiger partial charge in [0.05, 0.1) is 0 Å². The molecule has 3 heteroatoms. The first kappa shape index (κ1) is 14.8. The largest absolute Gasteiger partial charge is 0.466 e. The van der Waals surface area contributed by atoms with Crippen LogP contribution in [-0.4, -0.2) is 11.7 Å². The second kappa shape index (κ2) is 5.81. The van der Waals surface area contributed by atoms with Gasteiger partial charge in [-0.25, -0.2) is 0 Å². The lowest BCUT2D eigenvalue weighted by molar-refractivity contribution is 0.0552. The summed E-state index contributed by atoms with van der Waals surface area (Å²) in [6.07, 6.45) is 0. The molecule has 108 valence electrons. The highest BCUT2D eigenvalue weighted by molar-refractivity contribution is 5.28. The van der Waals surface area contributed by atoms with Crippen LogP contribution in [0.4, 0.5) is 0 Å². The van der Waals surface area contributed by atoms with Gasteiger partial charge in [0.15, 0.2) is 0 Å². The van der Waals surface area contributed by atoms with Crippen molar-refractivity contribution >= 4 is 0 Å². The lowest BCUT2D eigenvalue weighted by Gasteiger charge is -2.23. The van der Waals surface area contributed by atoms with Crippen LogP contribution in [0.1, 0.15) is 35.1 Å². The average Bonchev–Trinajstić information content (AvgIpc) is 2.72. The van der Waals surface area contributed by atoms with Crippen molar-refractivity contribution < 1.29 is 9.52 Å². The summed E-state index contributed by atoms with van der Waals surface area (Å²) in [4.78, 5) is 0. The number of benzene rings is 1. The molecule has 0 saturated carbocycles. The summed E-state index contributed by atoms with van der Waals surface area (Å²) in [7, 11) is 0. The molecule has 0 amide bonds. The summed E-state index contributed by atoms with van der Waals surface area (Å²) in [6, 6.07) is 10.2. The molecule has 20 heavy (non-hydrogen) atoms. The van der Waals surface area contributed by atoms with E-state index < -0.39 is 5.60 Å². The lowest BCUT2D eigenvalue weighted by Crippen LogP contribution is -2.35. The van der Waals surface area contributed by atoms with Crippen molar-refractivity contribution in [3.63, 3.8) is 0 Å². The van der Waals surface area contributed by atoms with Crippen LogP contribution in [0.25, 0.3) is 0 Å². The van der Waals surface area contributed by atoms with Crippen molar-refractivity contribution in [3.8, 4) is 0 Å². The van der Waals surface area contributed by atoms with E-state index >= 15 is 0 Å². The average molecular weight is 273 g/mol. The van der Waals surface area contributed by atoms with Gasteiger partial charge in [0.25, 0.3) is 0 Å². The summed E-state index contributed by atoms with van der Waals surface area (Å²) < 4.78 is 5.50. The Balaban J connectivity index is 1.99. The van der Waals surface area contributed by atoms with Crippen LogP contribution in [0.15, 0.2) is 34.7 Å². The van der Waals surface area contributed by atoms with Gasteiger partial charge >= 0.3 is 0 Å². The fourth-order valence-electron chi connectivity index (χ4n) is 2.51. The Bertz CT molecular complexity index is 584. The summed E-state index contributed by atoms with van der Waals surface area (Å²) >= 11 is 0. The highest BCUT2D eigenvalue weighted by Crippen LogP contribution is 2.26. The van der Waals surface area contributed by atoms with Crippen LogP contribution in [0, 0.1) is 20.8 Å². The molecule has 1 unspecified atom stereocenters. The molecule has 3 nitrogen and oxygen atoms in total. The van der Waals surface area contributed by atoms with Crippen molar-refractivity contribution in [2.45, 2.75) is 39.8 Å². The minimum absolute atomic E-state index is 0.487. The van der Waals surface area contributed by atoms with Gasteiger partial charge in [0.1, 0.15) is 17.1 Å². The molecule has 0 aliphatic heterocycles. The van der Waals surface area contributed by atoms with Gasteiger partial charge in [-0.1, -0.05) is 24.3 Å². The van der Waals surface area contributed by atoms with Crippen LogP contribution in [-0.2, 0) is 12.1 Å². The first-order valence-electron chi connectivity index (χ1n) is 6.95. The SMILES string of the molecule is Cc1cc(C(C)(O)CNCc2ccccc2C)c(C)o1. The standard InChI is InChI=1S/C17H23NO2/c1-12-7-5-6-8-15(12)10-18-11-17(4,19)16-9-13(2)20-14(16)3/h5-9,18-19H,10-11H2,1-4H3. The Hall–Kier alpha value is -1.58. The zero-order chi connectivity index (χ0) is 14.8. The third-order valence-electron chi connectivity index (χ3n) is 3.67. The molecular formula is C17H23NO2. The topological polar surface area (TPSA) is 45.4 Å². The fraction of sp³-hybridized carbons (Fsp3) is 0.412. The van der Waals surface area contributed by atoms with Crippen LogP contribution in [0.3, 0.4) is 0 Å². The normalized spacial score (nSPS) is 14.2. The second-order valence-corrected chi connectivity index (χ2v) is 5.63. The Morgan fingerprint density at radius 1 is 1.20 bits per heavy atom. The van der Waals surface area contributed by atoms with E-state index in [-0.39, 0.29) is 0 Å². The van der Waals surface area contributed by atoms with Gasteiger partial charge < -0.3 is 14.8 Å². The number of rotatable bonds is 5. The smallest absolute Gasteiger partial charge is 0.107 e. The molecular weight excluding hydrogens is 250 g/mol. The van der Waals surface area contributed by atoms with E-state index in [1.54, 1.807) is 0 Å². The number of aliphatic hydroxyl groups is 1. The Morgan fingerprint density at radius 3 is 2.50 bits per heavy atom. The summed E-state index contributed by atoms with van der Waals surface area (Å²) in [6.45, 7) is 8.93. The molecule has 0 bridgehead atoms. The molecule has 2 aromatic rings. The quantitative estimate of drug-likeness (QED) is 0.879. The third kappa shape index (κ3) is 3.30. The van der Waals surface area contributed by atoms with Crippen LogP contribution in [0.2, 0.25) is 0 Å². The Labute approximate surface area is 120 Å². The minimum atomic E-state index is -0.926. The monoisotopic (exact) mass is 273 g/mol. The van der Waals surface area contributed by atoms with E-state index in [1.807, 2.05) is 39.0 Å². The van der Waals surface area contributed by atoms with Gasteiger partial charge in [-0.15, -0.1) is 0 Å². The lowest BCUT2D eigenvalue weighted by atomic mass is 9.96. The van der Waals surface area contributed by atoms with Crippen LogP contribution >= 0.6 is 0 Å². The molecule has 0 fully saturated rings. The van der Waals surface area contributed by atoms with Crippen molar-refractivity contribution in [3.05, 3.63) is 58.5 Å². The fourth-order valence-corrected chi connectivity index (χ4v) is 2.51. The maximum atomic E-state index is 10.6. The molecule has 1 aromatic heterocycles. The van der Waals surface area contributed by atoms with Crippen molar-refractivity contribution in [2.75, 3.05) is 6.54 Å².